The molecular weight excluding hydrogens is 272 g/mol. The van der Waals surface area contributed by atoms with Crippen LogP contribution >= 0.6 is 0 Å². The standard InChI is InChI=1S/C15H14N2O4/c1-10-2-7-13(8-14(10)17(20)21)16-9-11-3-5-12(6-4-11)15(18)19/h2-8,16H,9H2,1H3,(H,18,19). The lowest BCUT2D eigenvalue weighted by molar-refractivity contribution is -0.385. The van der Waals surface area contributed by atoms with Gasteiger partial charge in [-0.05, 0) is 30.7 Å². The lowest BCUT2D eigenvalue weighted by Crippen LogP contribution is -2.02. The molecule has 0 atom stereocenters. The summed E-state index contributed by atoms with van der Waals surface area (Å²) < 4.78 is 0. The zero-order chi connectivity index (χ0) is 15.4. The summed E-state index contributed by atoms with van der Waals surface area (Å²) >= 11 is 0. The number of nitro groups is 1. The fourth-order valence-electron chi connectivity index (χ4n) is 1.89. The molecule has 0 heterocycles. The van der Waals surface area contributed by atoms with E-state index in [9.17, 15) is 14.9 Å². The summed E-state index contributed by atoms with van der Waals surface area (Å²) in [6.45, 7) is 2.15. The highest BCUT2D eigenvalue weighted by Gasteiger charge is 2.10. The lowest BCUT2D eigenvalue weighted by atomic mass is 10.1. The van der Waals surface area contributed by atoms with Crippen molar-refractivity contribution in [3.8, 4) is 0 Å². The molecule has 0 aliphatic rings. The van der Waals surface area contributed by atoms with E-state index in [1.807, 2.05) is 0 Å². The maximum absolute atomic E-state index is 10.9. The van der Waals surface area contributed by atoms with Crippen molar-refractivity contribution >= 4 is 17.3 Å². The highest BCUT2D eigenvalue weighted by Crippen LogP contribution is 2.22. The van der Waals surface area contributed by atoms with E-state index in [4.69, 9.17) is 5.11 Å². The highest BCUT2D eigenvalue weighted by atomic mass is 16.6. The minimum absolute atomic E-state index is 0.0706. The fourth-order valence-corrected chi connectivity index (χ4v) is 1.89. The summed E-state index contributed by atoms with van der Waals surface area (Å²) in [5.41, 5.74) is 2.44. The molecular formula is C15H14N2O4. The molecule has 0 radical (unpaired) electrons. The summed E-state index contributed by atoms with van der Waals surface area (Å²) in [5.74, 6) is -0.969. The summed E-state index contributed by atoms with van der Waals surface area (Å²) in [4.78, 5) is 21.2. The number of hydrogen-bond donors (Lipinski definition) is 2. The van der Waals surface area contributed by atoms with Gasteiger partial charge in [-0.1, -0.05) is 18.2 Å². The fraction of sp³-hybridized carbons (Fsp3) is 0.133. The molecule has 108 valence electrons. The van der Waals surface area contributed by atoms with Crippen LogP contribution in [0.25, 0.3) is 0 Å². The van der Waals surface area contributed by atoms with Crippen LogP contribution < -0.4 is 5.32 Å². The van der Waals surface area contributed by atoms with E-state index in [0.29, 0.717) is 17.8 Å². The lowest BCUT2D eigenvalue weighted by Gasteiger charge is -2.07. The first kappa shape index (κ1) is 14.5. The zero-order valence-corrected chi connectivity index (χ0v) is 11.4. The van der Waals surface area contributed by atoms with E-state index in [-0.39, 0.29) is 11.3 Å². The second-order valence-corrected chi connectivity index (χ2v) is 4.61. The van der Waals surface area contributed by atoms with E-state index >= 15 is 0 Å². The third-order valence-corrected chi connectivity index (χ3v) is 3.10. The second-order valence-electron chi connectivity index (χ2n) is 4.61. The number of rotatable bonds is 5. The van der Waals surface area contributed by atoms with Gasteiger partial charge in [-0.15, -0.1) is 0 Å². The number of aromatic carboxylic acids is 1. The maximum atomic E-state index is 10.9. The predicted octanol–water partition coefficient (Wildman–Crippen LogP) is 3.21. The molecule has 0 bridgehead atoms. The number of carbonyl (C=O) groups is 1. The van der Waals surface area contributed by atoms with Gasteiger partial charge in [-0.25, -0.2) is 4.79 Å². The molecule has 0 saturated heterocycles. The molecule has 2 N–H and O–H groups in total. The number of nitrogens with one attached hydrogen (secondary N) is 1. The minimum Gasteiger partial charge on any atom is -0.478 e. The van der Waals surface area contributed by atoms with Crippen molar-refractivity contribution in [3.05, 3.63) is 69.3 Å². The Morgan fingerprint density at radius 3 is 2.48 bits per heavy atom. The van der Waals surface area contributed by atoms with Crippen molar-refractivity contribution in [3.63, 3.8) is 0 Å². The van der Waals surface area contributed by atoms with E-state index in [1.54, 1.807) is 31.2 Å². The van der Waals surface area contributed by atoms with Crippen molar-refractivity contribution in [2.24, 2.45) is 0 Å². The molecule has 21 heavy (non-hydrogen) atoms. The Morgan fingerprint density at radius 2 is 1.90 bits per heavy atom. The minimum atomic E-state index is -0.969. The molecule has 6 heteroatoms. The first-order valence-corrected chi connectivity index (χ1v) is 6.28. The van der Waals surface area contributed by atoms with Gasteiger partial charge in [0, 0.05) is 23.9 Å². The molecule has 0 aromatic heterocycles. The molecule has 0 saturated carbocycles. The monoisotopic (exact) mass is 286 g/mol. The van der Waals surface area contributed by atoms with E-state index in [2.05, 4.69) is 5.32 Å². The average molecular weight is 286 g/mol. The van der Waals surface area contributed by atoms with Crippen LogP contribution in [0.4, 0.5) is 11.4 Å². The van der Waals surface area contributed by atoms with Crippen LogP contribution in [0.3, 0.4) is 0 Å². The van der Waals surface area contributed by atoms with Crippen molar-refractivity contribution in [2.75, 3.05) is 5.32 Å². The van der Waals surface area contributed by atoms with Crippen LogP contribution in [-0.2, 0) is 6.54 Å². The first-order chi connectivity index (χ1) is 9.97. The highest BCUT2D eigenvalue weighted by molar-refractivity contribution is 5.87. The predicted molar refractivity (Wildman–Crippen MR) is 78.6 cm³/mol. The number of aryl methyl sites for hydroxylation is 1. The molecule has 2 aromatic rings. The van der Waals surface area contributed by atoms with Crippen LogP contribution in [-0.4, -0.2) is 16.0 Å². The Balaban J connectivity index is 2.07. The van der Waals surface area contributed by atoms with Crippen LogP contribution in [0, 0.1) is 17.0 Å². The van der Waals surface area contributed by atoms with Crippen molar-refractivity contribution < 1.29 is 14.8 Å². The molecule has 0 aliphatic carbocycles. The number of nitrogens with zero attached hydrogens (tertiary/aromatic N) is 1. The van der Waals surface area contributed by atoms with Gasteiger partial charge in [0.2, 0.25) is 0 Å². The maximum Gasteiger partial charge on any atom is 0.335 e. The largest absolute Gasteiger partial charge is 0.478 e. The first-order valence-electron chi connectivity index (χ1n) is 6.28. The molecule has 0 aliphatic heterocycles. The Kier molecular flexibility index (Phi) is 4.18. The van der Waals surface area contributed by atoms with Gasteiger partial charge in [0.05, 0.1) is 10.5 Å². The molecule has 0 fully saturated rings. The summed E-state index contributed by atoms with van der Waals surface area (Å²) in [5, 5.41) is 22.8. The van der Waals surface area contributed by atoms with Crippen LogP contribution in [0.5, 0.6) is 0 Å². The number of anilines is 1. The van der Waals surface area contributed by atoms with Gasteiger partial charge in [0.1, 0.15) is 0 Å². The van der Waals surface area contributed by atoms with Crippen molar-refractivity contribution in [1.29, 1.82) is 0 Å². The van der Waals surface area contributed by atoms with Crippen LogP contribution in [0.2, 0.25) is 0 Å². The van der Waals surface area contributed by atoms with Crippen molar-refractivity contribution in [1.82, 2.24) is 0 Å². The molecule has 0 spiro atoms. The van der Waals surface area contributed by atoms with Gasteiger partial charge < -0.3 is 10.4 Å². The molecule has 2 aromatic carbocycles. The van der Waals surface area contributed by atoms with Gasteiger partial charge >= 0.3 is 5.97 Å². The zero-order valence-electron chi connectivity index (χ0n) is 11.4. The molecule has 0 unspecified atom stereocenters. The van der Waals surface area contributed by atoms with Crippen LogP contribution in [0.1, 0.15) is 21.5 Å². The molecule has 2 rings (SSSR count). The summed E-state index contributed by atoms with van der Waals surface area (Å²) in [6, 6.07) is 11.4. The number of nitro benzene ring substituents is 1. The number of hydrogen-bond acceptors (Lipinski definition) is 4. The summed E-state index contributed by atoms with van der Waals surface area (Å²) in [6.07, 6.45) is 0. The number of carboxylic acids is 1. The Morgan fingerprint density at radius 1 is 1.24 bits per heavy atom. The number of carboxylic acid groups (broad SMARTS) is 1. The smallest absolute Gasteiger partial charge is 0.335 e. The van der Waals surface area contributed by atoms with E-state index in [1.165, 1.54) is 18.2 Å². The topological polar surface area (TPSA) is 92.5 Å². The normalized spacial score (nSPS) is 10.1. The molecule has 0 amide bonds. The average Bonchev–Trinajstić information content (AvgIpc) is 2.46. The second kappa shape index (κ2) is 6.04. The number of benzene rings is 2. The SMILES string of the molecule is Cc1ccc(NCc2ccc(C(=O)O)cc2)cc1[N+](=O)[O-]. The van der Waals surface area contributed by atoms with Gasteiger partial charge in [-0.3, -0.25) is 10.1 Å². The van der Waals surface area contributed by atoms with Gasteiger partial charge in [0.25, 0.3) is 5.69 Å². The Labute approximate surface area is 121 Å². The van der Waals surface area contributed by atoms with E-state index < -0.39 is 10.9 Å². The third-order valence-electron chi connectivity index (χ3n) is 3.10. The van der Waals surface area contributed by atoms with Crippen molar-refractivity contribution in [2.45, 2.75) is 13.5 Å². The van der Waals surface area contributed by atoms with E-state index in [0.717, 1.165) is 5.56 Å². The quantitative estimate of drug-likeness (QED) is 0.650. The molecule has 6 nitrogen and oxygen atoms in total. The third kappa shape index (κ3) is 3.56. The summed E-state index contributed by atoms with van der Waals surface area (Å²) in [7, 11) is 0. The Bertz CT molecular complexity index is 681. The van der Waals surface area contributed by atoms with Crippen LogP contribution in [0.15, 0.2) is 42.5 Å². The van der Waals surface area contributed by atoms with Gasteiger partial charge in [0.15, 0.2) is 0 Å². The van der Waals surface area contributed by atoms with Gasteiger partial charge in [-0.2, -0.15) is 0 Å². The Hall–Kier alpha value is -2.89.